The molecule has 0 bridgehead atoms. The highest BCUT2D eigenvalue weighted by molar-refractivity contribution is 9.10. The Morgan fingerprint density at radius 3 is 2.72 bits per heavy atom. The molecule has 1 rings (SSSR count). The third-order valence-electron chi connectivity index (χ3n) is 2.99. The summed E-state index contributed by atoms with van der Waals surface area (Å²) in [6.45, 7) is 2.57. The molecule has 0 saturated heterocycles. The van der Waals surface area contributed by atoms with Crippen LogP contribution in [0.3, 0.4) is 0 Å². The first kappa shape index (κ1) is 15.6. The lowest BCUT2D eigenvalue weighted by Crippen LogP contribution is -2.37. The van der Waals surface area contributed by atoms with Gasteiger partial charge in [-0.05, 0) is 46.5 Å². The number of benzene rings is 1. The molecule has 0 aromatic heterocycles. The topological polar surface area (TPSA) is 58.3 Å². The lowest BCUT2D eigenvalue weighted by Gasteiger charge is -2.24. The maximum absolute atomic E-state index is 13.5. The number of rotatable bonds is 7. The molecule has 18 heavy (non-hydrogen) atoms. The molecule has 0 saturated carbocycles. The zero-order chi connectivity index (χ0) is 13.5. The van der Waals surface area contributed by atoms with Crippen molar-refractivity contribution in [1.82, 2.24) is 5.32 Å². The first-order chi connectivity index (χ1) is 8.62. The van der Waals surface area contributed by atoms with Gasteiger partial charge in [0.25, 0.3) is 0 Å². The molecule has 0 aliphatic rings. The van der Waals surface area contributed by atoms with E-state index in [9.17, 15) is 4.39 Å². The summed E-state index contributed by atoms with van der Waals surface area (Å²) in [5, 5.41) is 12.3. The summed E-state index contributed by atoms with van der Waals surface area (Å²) in [6.07, 6.45) is 1.57. The van der Waals surface area contributed by atoms with E-state index in [-0.39, 0.29) is 24.5 Å². The van der Waals surface area contributed by atoms with Crippen LogP contribution in [0.1, 0.15) is 31.4 Å². The van der Waals surface area contributed by atoms with Crippen molar-refractivity contribution >= 4 is 15.9 Å². The predicted octanol–water partition coefficient (Wildman–Crippen LogP) is 2.34. The lowest BCUT2D eigenvalue weighted by molar-refractivity contribution is 0.255. The van der Waals surface area contributed by atoms with Crippen LogP contribution < -0.4 is 11.1 Å². The zero-order valence-electron chi connectivity index (χ0n) is 10.5. The minimum Gasteiger partial charge on any atom is -0.396 e. The lowest BCUT2D eigenvalue weighted by atomic mass is 10.0. The van der Waals surface area contributed by atoms with Crippen molar-refractivity contribution in [1.29, 1.82) is 0 Å². The van der Waals surface area contributed by atoms with Crippen molar-refractivity contribution in [2.45, 2.75) is 31.8 Å². The molecule has 0 radical (unpaired) electrons. The standard InChI is InChI=1S/C13H20BrFN2O/c1-2-10(5-6-18)17-13(8-16)9-3-4-11(14)12(15)7-9/h3-4,7,10,13,17-18H,2,5-6,8,16H2,1H3. The van der Waals surface area contributed by atoms with Crippen LogP contribution in [0, 0.1) is 5.82 Å². The fourth-order valence-corrected chi connectivity index (χ4v) is 2.12. The van der Waals surface area contributed by atoms with Crippen molar-refractivity contribution < 1.29 is 9.50 Å². The van der Waals surface area contributed by atoms with Gasteiger partial charge in [0, 0.05) is 25.2 Å². The van der Waals surface area contributed by atoms with Gasteiger partial charge in [0.05, 0.1) is 4.47 Å². The van der Waals surface area contributed by atoms with Gasteiger partial charge >= 0.3 is 0 Å². The summed E-state index contributed by atoms with van der Waals surface area (Å²) < 4.78 is 13.9. The molecule has 0 fully saturated rings. The van der Waals surface area contributed by atoms with E-state index in [1.165, 1.54) is 6.07 Å². The number of nitrogens with one attached hydrogen (secondary N) is 1. The third kappa shape index (κ3) is 4.31. The number of aliphatic hydroxyl groups excluding tert-OH is 1. The van der Waals surface area contributed by atoms with Gasteiger partial charge in [0.1, 0.15) is 5.82 Å². The van der Waals surface area contributed by atoms with Crippen LogP contribution in [0.4, 0.5) is 4.39 Å². The monoisotopic (exact) mass is 318 g/mol. The summed E-state index contributed by atoms with van der Waals surface area (Å²) in [5.74, 6) is -0.289. The Labute approximate surface area is 116 Å². The fourth-order valence-electron chi connectivity index (χ4n) is 1.88. The van der Waals surface area contributed by atoms with Crippen molar-refractivity contribution in [3.8, 4) is 0 Å². The normalized spacial score (nSPS) is 14.5. The van der Waals surface area contributed by atoms with Crippen molar-refractivity contribution in [3.05, 3.63) is 34.1 Å². The average molecular weight is 319 g/mol. The number of hydrogen-bond donors (Lipinski definition) is 3. The summed E-state index contributed by atoms with van der Waals surface area (Å²) in [5.41, 5.74) is 6.56. The van der Waals surface area contributed by atoms with Gasteiger partial charge in [-0.1, -0.05) is 13.0 Å². The van der Waals surface area contributed by atoms with Gasteiger partial charge in [-0.2, -0.15) is 0 Å². The Kier molecular flexibility index (Phi) is 6.78. The molecule has 2 unspecified atom stereocenters. The van der Waals surface area contributed by atoms with E-state index in [2.05, 4.69) is 21.2 Å². The highest BCUT2D eigenvalue weighted by atomic mass is 79.9. The van der Waals surface area contributed by atoms with Crippen LogP contribution in [0.15, 0.2) is 22.7 Å². The molecule has 0 heterocycles. The Bertz CT molecular complexity index is 376. The second-order valence-corrected chi connectivity index (χ2v) is 5.10. The van der Waals surface area contributed by atoms with E-state index in [1.807, 2.05) is 13.0 Å². The Hall–Kier alpha value is -0.490. The number of nitrogens with two attached hydrogens (primary N) is 1. The molecule has 0 spiro atoms. The Morgan fingerprint density at radius 1 is 1.50 bits per heavy atom. The molecular weight excluding hydrogens is 299 g/mol. The van der Waals surface area contributed by atoms with Crippen LogP contribution >= 0.6 is 15.9 Å². The molecule has 4 N–H and O–H groups in total. The van der Waals surface area contributed by atoms with Crippen LogP contribution in [0.2, 0.25) is 0 Å². The predicted molar refractivity (Wildman–Crippen MR) is 74.8 cm³/mol. The quantitative estimate of drug-likeness (QED) is 0.723. The van der Waals surface area contributed by atoms with E-state index < -0.39 is 0 Å². The maximum Gasteiger partial charge on any atom is 0.137 e. The minimum atomic E-state index is -0.289. The highest BCUT2D eigenvalue weighted by Gasteiger charge is 2.15. The summed E-state index contributed by atoms with van der Waals surface area (Å²) >= 11 is 3.13. The number of aliphatic hydroxyl groups is 1. The van der Waals surface area contributed by atoms with Crippen molar-refractivity contribution in [2.75, 3.05) is 13.2 Å². The minimum absolute atomic E-state index is 0.0934. The zero-order valence-corrected chi connectivity index (χ0v) is 12.1. The molecule has 2 atom stereocenters. The number of hydrogen-bond acceptors (Lipinski definition) is 3. The van der Waals surface area contributed by atoms with E-state index in [4.69, 9.17) is 10.8 Å². The Balaban J connectivity index is 2.78. The molecule has 0 amide bonds. The van der Waals surface area contributed by atoms with Gasteiger partial charge in [-0.15, -0.1) is 0 Å². The molecule has 5 heteroatoms. The molecule has 0 aliphatic heterocycles. The molecule has 0 aliphatic carbocycles. The van der Waals surface area contributed by atoms with Crippen LogP contribution in [0.5, 0.6) is 0 Å². The highest BCUT2D eigenvalue weighted by Crippen LogP contribution is 2.21. The first-order valence-electron chi connectivity index (χ1n) is 6.14. The molecule has 1 aromatic carbocycles. The molecule has 102 valence electrons. The van der Waals surface area contributed by atoms with E-state index in [0.717, 1.165) is 12.0 Å². The molecule has 3 nitrogen and oxygen atoms in total. The van der Waals surface area contributed by atoms with E-state index in [0.29, 0.717) is 17.4 Å². The number of halogens is 2. The van der Waals surface area contributed by atoms with Gasteiger partial charge < -0.3 is 16.2 Å². The smallest absolute Gasteiger partial charge is 0.137 e. The summed E-state index contributed by atoms with van der Waals surface area (Å²) in [4.78, 5) is 0. The third-order valence-corrected chi connectivity index (χ3v) is 3.63. The van der Waals surface area contributed by atoms with Crippen molar-refractivity contribution in [3.63, 3.8) is 0 Å². The second-order valence-electron chi connectivity index (χ2n) is 4.25. The summed E-state index contributed by atoms with van der Waals surface area (Å²) in [6, 6.07) is 5.12. The molecule has 1 aromatic rings. The average Bonchev–Trinajstić information content (AvgIpc) is 2.38. The van der Waals surface area contributed by atoms with E-state index in [1.54, 1.807) is 6.07 Å². The fraction of sp³-hybridized carbons (Fsp3) is 0.538. The first-order valence-corrected chi connectivity index (χ1v) is 6.93. The largest absolute Gasteiger partial charge is 0.396 e. The van der Waals surface area contributed by atoms with Gasteiger partial charge in [-0.25, -0.2) is 4.39 Å². The van der Waals surface area contributed by atoms with Crippen LogP contribution in [-0.2, 0) is 0 Å². The van der Waals surface area contributed by atoms with Gasteiger partial charge in [0.15, 0.2) is 0 Å². The van der Waals surface area contributed by atoms with E-state index >= 15 is 0 Å². The van der Waals surface area contributed by atoms with Crippen LogP contribution in [0.25, 0.3) is 0 Å². The molecular formula is C13H20BrFN2O. The summed E-state index contributed by atoms with van der Waals surface area (Å²) in [7, 11) is 0. The van der Waals surface area contributed by atoms with Gasteiger partial charge in [0.2, 0.25) is 0 Å². The van der Waals surface area contributed by atoms with Crippen LogP contribution in [-0.4, -0.2) is 24.3 Å². The maximum atomic E-state index is 13.5. The second kappa shape index (κ2) is 7.84. The van der Waals surface area contributed by atoms with Crippen molar-refractivity contribution in [2.24, 2.45) is 5.73 Å². The SMILES string of the molecule is CCC(CCO)NC(CN)c1ccc(Br)c(F)c1. The Morgan fingerprint density at radius 2 is 2.22 bits per heavy atom. The van der Waals surface area contributed by atoms with Gasteiger partial charge in [-0.3, -0.25) is 0 Å².